The average Bonchev–Trinajstić information content (AvgIpc) is 2.27. The molecule has 0 saturated heterocycles. The first-order chi connectivity index (χ1) is 7.66. The van der Waals surface area contributed by atoms with Crippen LogP contribution >= 0.6 is 24.4 Å². The molecule has 0 fully saturated rings. The van der Waals surface area contributed by atoms with Gasteiger partial charge in [0.2, 0.25) is 0 Å². The van der Waals surface area contributed by atoms with Crippen LogP contribution in [-0.2, 0) is 0 Å². The minimum atomic E-state index is 0.725. The van der Waals surface area contributed by atoms with Crippen molar-refractivity contribution in [1.29, 1.82) is 0 Å². The number of hydrogen-bond donors (Lipinski definition) is 0. The highest BCUT2D eigenvalue weighted by molar-refractivity contribution is 7.82. The lowest BCUT2D eigenvalue weighted by atomic mass is 10.0. The minimum absolute atomic E-state index is 0.725. The molecular formula is C14H12S2. The molecule has 0 amide bonds. The molecule has 16 heavy (non-hydrogen) atoms. The minimum Gasteiger partial charge on any atom is -0.0896 e. The van der Waals surface area contributed by atoms with Crippen LogP contribution in [0.25, 0.3) is 10.8 Å². The highest BCUT2D eigenvalue weighted by Gasteiger charge is 2.03. The zero-order valence-electron chi connectivity index (χ0n) is 9.07. The quantitative estimate of drug-likeness (QED) is 0.582. The van der Waals surface area contributed by atoms with E-state index in [1.165, 1.54) is 10.8 Å². The second kappa shape index (κ2) is 4.81. The molecule has 0 aliphatic rings. The van der Waals surface area contributed by atoms with Crippen molar-refractivity contribution >= 4 is 44.9 Å². The molecule has 0 unspecified atom stereocenters. The zero-order chi connectivity index (χ0) is 11.5. The van der Waals surface area contributed by atoms with Gasteiger partial charge in [-0.1, -0.05) is 60.8 Å². The summed E-state index contributed by atoms with van der Waals surface area (Å²) in [5.41, 5.74) is 1.11. The Bertz CT molecular complexity index is 555. The first-order valence-corrected chi connectivity index (χ1v) is 6.00. The van der Waals surface area contributed by atoms with Gasteiger partial charge in [0, 0.05) is 11.3 Å². The highest BCUT2D eigenvalue weighted by atomic mass is 32.1. The maximum absolute atomic E-state index is 5.37. The SMILES string of the molecule is CC(=S)CC(=S)c1ccc2ccccc2c1. The van der Waals surface area contributed by atoms with Crippen LogP contribution in [0, 0.1) is 0 Å². The van der Waals surface area contributed by atoms with Crippen LogP contribution in [0.4, 0.5) is 0 Å². The van der Waals surface area contributed by atoms with Gasteiger partial charge in [0.15, 0.2) is 0 Å². The molecule has 2 aromatic rings. The number of thiocarbonyl (C=S) groups is 2. The van der Waals surface area contributed by atoms with E-state index in [2.05, 4.69) is 30.3 Å². The van der Waals surface area contributed by atoms with Crippen LogP contribution in [0.15, 0.2) is 42.5 Å². The number of hydrogen-bond acceptors (Lipinski definition) is 2. The van der Waals surface area contributed by atoms with Gasteiger partial charge in [-0.05, 0) is 34.2 Å². The van der Waals surface area contributed by atoms with Gasteiger partial charge in [-0.25, -0.2) is 0 Å². The first-order valence-electron chi connectivity index (χ1n) is 5.18. The van der Waals surface area contributed by atoms with E-state index in [9.17, 15) is 0 Å². The Morgan fingerprint density at radius 2 is 1.69 bits per heavy atom. The lowest BCUT2D eigenvalue weighted by Crippen LogP contribution is -2.01. The van der Waals surface area contributed by atoms with Crippen LogP contribution in [0.5, 0.6) is 0 Å². The third-order valence-electron chi connectivity index (χ3n) is 2.48. The van der Waals surface area contributed by atoms with Crippen molar-refractivity contribution in [2.75, 3.05) is 0 Å². The van der Waals surface area contributed by atoms with Gasteiger partial charge in [-0.2, -0.15) is 0 Å². The fourth-order valence-electron chi connectivity index (χ4n) is 1.69. The van der Waals surface area contributed by atoms with Gasteiger partial charge in [0.05, 0.1) is 0 Å². The maximum Gasteiger partial charge on any atom is 0.0273 e. The molecule has 2 aromatic carbocycles. The average molecular weight is 244 g/mol. The molecular weight excluding hydrogens is 232 g/mol. The smallest absolute Gasteiger partial charge is 0.0273 e. The topological polar surface area (TPSA) is 0 Å². The van der Waals surface area contributed by atoms with Gasteiger partial charge in [0.25, 0.3) is 0 Å². The van der Waals surface area contributed by atoms with E-state index in [0.29, 0.717) is 0 Å². The third-order valence-corrected chi connectivity index (χ3v) is 3.01. The van der Waals surface area contributed by atoms with Crippen LogP contribution in [0.1, 0.15) is 18.9 Å². The lowest BCUT2D eigenvalue weighted by molar-refractivity contribution is 1.59. The predicted octanol–water partition coefficient (Wildman–Crippen LogP) is 4.34. The Kier molecular flexibility index (Phi) is 3.42. The Balaban J connectivity index is 2.39. The van der Waals surface area contributed by atoms with Gasteiger partial charge in [0.1, 0.15) is 0 Å². The van der Waals surface area contributed by atoms with E-state index >= 15 is 0 Å². The van der Waals surface area contributed by atoms with Gasteiger partial charge < -0.3 is 0 Å². The summed E-state index contributed by atoms with van der Waals surface area (Å²) < 4.78 is 0. The monoisotopic (exact) mass is 244 g/mol. The van der Waals surface area contributed by atoms with Crippen molar-refractivity contribution in [3.63, 3.8) is 0 Å². The lowest BCUT2D eigenvalue weighted by Gasteiger charge is -2.04. The first kappa shape index (κ1) is 11.4. The largest absolute Gasteiger partial charge is 0.0896 e. The van der Waals surface area contributed by atoms with Crippen molar-refractivity contribution in [2.24, 2.45) is 0 Å². The Hall–Kier alpha value is -1.12. The van der Waals surface area contributed by atoms with Crippen LogP contribution in [-0.4, -0.2) is 9.73 Å². The van der Waals surface area contributed by atoms with Gasteiger partial charge >= 0.3 is 0 Å². The highest BCUT2D eigenvalue weighted by Crippen LogP contribution is 2.17. The molecule has 0 radical (unpaired) electrons. The summed E-state index contributed by atoms with van der Waals surface area (Å²) in [4.78, 5) is 1.87. The molecule has 0 aromatic heterocycles. The summed E-state index contributed by atoms with van der Waals surface area (Å²) in [5, 5.41) is 2.47. The zero-order valence-corrected chi connectivity index (χ0v) is 10.7. The fraction of sp³-hybridized carbons (Fsp3) is 0.143. The summed E-state index contributed by atoms with van der Waals surface area (Å²) in [6.45, 7) is 1.93. The van der Waals surface area contributed by atoms with Crippen molar-refractivity contribution in [1.82, 2.24) is 0 Å². The van der Waals surface area contributed by atoms with E-state index in [-0.39, 0.29) is 0 Å². The number of benzene rings is 2. The maximum atomic E-state index is 5.37. The normalized spacial score (nSPS) is 10.3. The predicted molar refractivity (Wildman–Crippen MR) is 78.5 cm³/mol. The van der Waals surface area contributed by atoms with E-state index in [1.807, 2.05) is 19.1 Å². The van der Waals surface area contributed by atoms with E-state index < -0.39 is 0 Å². The molecule has 2 heteroatoms. The summed E-state index contributed by atoms with van der Waals surface area (Å²) in [7, 11) is 0. The van der Waals surface area contributed by atoms with Crippen LogP contribution in [0.2, 0.25) is 0 Å². The number of rotatable bonds is 3. The summed E-state index contributed by atoms with van der Waals surface area (Å²) in [5.74, 6) is 0. The van der Waals surface area contributed by atoms with Gasteiger partial charge in [-0.15, -0.1) is 0 Å². The van der Waals surface area contributed by atoms with Crippen molar-refractivity contribution in [3.05, 3.63) is 48.0 Å². The molecule has 0 heterocycles. The number of fused-ring (bicyclic) bond motifs is 1. The van der Waals surface area contributed by atoms with Gasteiger partial charge in [-0.3, -0.25) is 0 Å². The summed E-state index contributed by atoms with van der Waals surface area (Å²) in [6, 6.07) is 14.6. The molecule has 0 aliphatic carbocycles. The Morgan fingerprint density at radius 1 is 1.00 bits per heavy atom. The van der Waals surface area contributed by atoms with Crippen molar-refractivity contribution in [2.45, 2.75) is 13.3 Å². The molecule has 0 saturated carbocycles. The molecule has 0 aliphatic heterocycles. The molecule has 0 atom stereocenters. The molecule has 2 rings (SSSR count). The summed E-state index contributed by atoms with van der Waals surface area (Å²) in [6.07, 6.45) is 0.725. The van der Waals surface area contributed by atoms with E-state index in [1.54, 1.807) is 0 Å². The molecule has 0 spiro atoms. The standard InChI is InChI=1S/C14H12S2/c1-10(15)8-14(16)13-7-6-11-4-2-3-5-12(11)9-13/h2-7,9H,8H2,1H3. The Morgan fingerprint density at radius 3 is 2.38 bits per heavy atom. The third kappa shape index (κ3) is 2.52. The Labute approximate surface area is 106 Å². The van der Waals surface area contributed by atoms with E-state index in [0.717, 1.165) is 21.7 Å². The van der Waals surface area contributed by atoms with Crippen LogP contribution in [0.3, 0.4) is 0 Å². The fourth-order valence-corrected chi connectivity index (χ4v) is 2.27. The molecule has 80 valence electrons. The molecule has 0 N–H and O–H groups in total. The van der Waals surface area contributed by atoms with E-state index in [4.69, 9.17) is 24.4 Å². The molecule has 0 nitrogen and oxygen atoms in total. The van der Waals surface area contributed by atoms with Crippen molar-refractivity contribution < 1.29 is 0 Å². The van der Waals surface area contributed by atoms with Crippen LogP contribution < -0.4 is 0 Å². The summed E-state index contributed by atoms with van der Waals surface area (Å²) >= 11 is 10.5. The second-order valence-corrected chi connectivity index (χ2v) is 5.05. The second-order valence-electron chi connectivity index (χ2n) is 3.86. The molecule has 0 bridgehead atoms. The van der Waals surface area contributed by atoms with Crippen molar-refractivity contribution in [3.8, 4) is 0 Å².